The Kier molecular flexibility index (Phi) is 4.28. The van der Waals surface area contributed by atoms with E-state index in [9.17, 15) is 4.79 Å². The number of nitrogens with zero attached hydrogens (tertiary/aromatic N) is 1. The van der Waals surface area contributed by atoms with Crippen molar-refractivity contribution < 1.29 is 14.3 Å². The Balaban J connectivity index is 2.39. The highest BCUT2D eigenvalue weighted by atomic mass is 79.9. The molecule has 0 bridgehead atoms. The Morgan fingerprint density at radius 2 is 2.05 bits per heavy atom. The van der Waals surface area contributed by atoms with Crippen molar-refractivity contribution in [1.82, 2.24) is 4.98 Å². The standard InChI is InChI=1S/C15H16BrNO3/c1-4-19-14(18)15(2,3)20-13-6-5-12(16)11-9-17-8-7-10(11)13/h5-9H,4H2,1-3H3. The van der Waals surface area contributed by atoms with Crippen LogP contribution in [0.3, 0.4) is 0 Å². The molecular formula is C15H16BrNO3. The molecule has 1 aromatic carbocycles. The zero-order valence-corrected chi connectivity index (χ0v) is 13.2. The summed E-state index contributed by atoms with van der Waals surface area (Å²) in [6.45, 7) is 5.49. The SMILES string of the molecule is CCOC(=O)C(C)(C)Oc1ccc(Br)c2cnccc12. The summed E-state index contributed by atoms with van der Waals surface area (Å²) < 4.78 is 11.8. The van der Waals surface area contributed by atoms with E-state index < -0.39 is 5.60 Å². The van der Waals surface area contributed by atoms with E-state index in [0.29, 0.717) is 12.4 Å². The van der Waals surface area contributed by atoms with Crippen LogP contribution in [0.1, 0.15) is 20.8 Å². The number of carbonyl (C=O) groups is 1. The molecule has 4 nitrogen and oxygen atoms in total. The molecule has 2 rings (SSSR count). The molecule has 0 aliphatic carbocycles. The monoisotopic (exact) mass is 337 g/mol. The number of rotatable bonds is 4. The van der Waals surface area contributed by atoms with Gasteiger partial charge >= 0.3 is 5.97 Å². The van der Waals surface area contributed by atoms with Gasteiger partial charge in [0.2, 0.25) is 0 Å². The molecule has 0 spiro atoms. The lowest BCUT2D eigenvalue weighted by atomic mass is 10.1. The van der Waals surface area contributed by atoms with Crippen molar-refractivity contribution >= 4 is 32.7 Å². The van der Waals surface area contributed by atoms with Crippen LogP contribution in [0.25, 0.3) is 10.8 Å². The second-order valence-electron chi connectivity index (χ2n) is 4.80. The van der Waals surface area contributed by atoms with Gasteiger partial charge in [0.05, 0.1) is 6.61 Å². The normalized spacial score (nSPS) is 11.4. The fourth-order valence-corrected chi connectivity index (χ4v) is 2.29. The third-order valence-corrected chi connectivity index (χ3v) is 3.55. The van der Waals surface area contributed by atoms with Crippen LogP contribution >= 0.6 is 15.9 Å². The topological polar surface area (TPSA) is 48.4 Å². The van der Waals surface area contributed by atoms with Crippen molar-refractivity contribution in [3.8, 4) is 5.75 Å². The van der Waals surface area contributed by atoms with Gasteiger partial charge in [-0.1, -0.05) is 15.9 Å². The van der Waals surface area contributed by atoms with Gasteiger partial charge in [0.1, 0.15) is 5.75 Å². The van der Waals surface area contributed by atoms with Gasteiger partial charge in [0.15, 0.2) is 5.60 Å². The lowest BCUT2D eigenvalue weighted by Gasteiger charge is -2.25. The fraction of sp³-hybridized carbons (Fsp3) is 0.333. The van der Waals surface area contributed by atoms with Crippen LogP contribution in [-0.4, -0.2) is 23.2 Å². The second-order valence-corrected chi connectivity index (χ2v) is 5.65. The number of pyridine rings is 1. The summed E-state index contributed by atoms with van der Waals surface area (Å²) in [6.07, 6.45) is 3.45. The number of aromatic nitrogens is 1. The third kappa shape index (κ3) is 2.93. The van der Waals surface area contributed by atoms with Crippen molar-refractivity contribution in [3.63, 3.8) is 0 Å². The lowest BCUT2D eigenvalue weighted by molar-refractivity contribution is -0.158. The molecule has 0 aliphatic rings. The van der Waals surface area contributed by atoms with Gasteiger partial charge < -0.3 is 9.47 Å². The molecule has 0 saturated heterocycles. The van der Waals surface area contributed by atoms with Crippen LogP contribution in [0.2, 0.25) is 0 Å². The molecule has 20 heavy (non-hydrogen) atoms. The number of esters is 1. The van der Waals surface area contributed by atoms with Crippen LogP contribution in [0.5, 0.6) is 5.75 Å². The quantitative estimate of drug-likeness (QED) is 0.798. The Hall–Kier alpha value is -1.62. The molecule has 0 unspecified atom stereocenters. The predicted molar refractivity (Wildman–Crippen MR) is 80.8 cm³/mol. The van der Waals surface area contributed by atoms with Crippen molar-refractivity contribution in [2.45, 2.75) is 26.4 Å². The maximum Gasteiger partial charge on any atom is 0.349 e. The largest absolute Gasteiger partial charge is 0.476 e. The van der Waals surface area contributed by atoms with Gasteiger partial charge in [0.25, 0.3) is 0 Å². The second kappa shape index (κ2) is 5.79. The van der Waals surface area contributed by atoms with E-state index in [0.717, 1.165) is 15.2 Å². The van der Waals surface area contributed by atoms with E-state index >= 15 is 0 Å². The summed E-state index contributed by atoms with van der Waals surface area (Å²) >= 11 is 3.48. The first-order chi connectivity index (χ1) is 9.45. The zero-order valence-electron chi connectivity index (χ0n) is 11.6. The van der Waals surface area contributed by atoms with Gasteiger partial charge in [-0.25, -0.2) is 4.79 Å². The zero-order chi connectivity index (χ0) is 14.8. The molecule has 0 fully saturated rings. The number of hydrogen-bond donors (Lipinski definition) is 0. The Morgan fingerprint density at radius 1 is 1.30 bits per heavy atom. The van der Waals surface area contributed by atoms with E-state index in [1.54, 1.807) is 33.2 Å². The molecule has 0 saturated carbocycles. The van der Waals surface area contributed by atoms with Crippen LogP contribution in [0.4, 0.5) is 0 Å². The lowest BCUT2D eigenvalue weighted by Crippen LogP contribution is -2.39. The summed E-state index contributed by atoms with van der Waals surface area (Å²) in [4.78, 5) is 16.0. The number of carbonyl (C=O) groups excluding carboxylic acids is 1. The van der Waals surface area contributed by atoms with Gasteiger partial charge in [-0.05, 0) is 39.0 Å². The number of benzene rings is 1. The van der Waals surface area contributed by atoms with E-state index in [4.69, 9.17) is 9.47 Å². The summed E-state index contributed by atoms with van der Waals surface area (Å²) in [7, 11) is 0. The average Bonchev–Trinajstić information content (AvgIpc) is 2.42. The number of halogens is 1. The molecule has 0 aliphatic heterocycles. The summed E-state index contributed by atoms with van der Waals surface area (Å²) in [5.74, 6) is 0.244. The first-order valence-electron chi connectivity index (χ1n) is 6.34. The first-order valence-corrected chi connectivity index (χ1v) is 7.13. The molecule has 0 radical (unpaired) electrons. The van der Waals surface area contributed by atoms with E-state index in [1.165, 1.54) is 0 Å². The highest BCUT2D eigenvalue weighted by Gasteiger charge is 2.32. The van der Waals surface area contributed by atoms with E-state index in [1.807, 2.05) is 18.2 Å². The minimum Gasteiger partial charge on any atom is -0.476 e. The Morgan fingerprint density at radius 3 is 2.75 bits per heavy atom. The smallest absolute Gasteiger partial charge is 0.349 e. The Labute approximate surface area is 126 Å². The average molecular weight is 338 g/mol. The maximum atomic E-state index is 11.9. The van der Waals surface area contributed by atoms with Gasteiger partial charge in [-0.2, -0.15) is 0 Å². The third-order valence-electron chi connectivity index (χ3n) is 2.86. The van der Waals surface area contributed by atoms with E-state index in [-0.39, 0.29) is 5.97 Å². The first kappa shape index (κ1) is 14.8. The molecule has 2 aromatic rings. The Bertz CT molecular complexity index is 640. The van der Waals surface area contributed by atoms with Gasteiger partial charge in [-0.3, -0.25) is 4.98 Å². The molecule has 0 N–H and O–H groups in total. The maximum absolute atomic E-state index is 11.9. The molecule has 5 heteroatoms. The molecule has 106 valence electrons. The molecule has 1 aromatic heterocycles. The summed E-state index contributed by atoms with van der Waals surface area (Å²) in [5, 5.41) is 1.83. The molecule has 0 amide bonds. The highest BCUT2D eigenvalue weighted by molar-refractivity contribution is 9.10. The molecule has 0 atom stereocenters. The van der Waals surface area contributed by atoms with Crippen LogP contribution in [0, 0.1) is 0 Å². The number of ether oxygens (including phenoxy) is 2. The number of fused-ring (bicyclic) bond motifs is 1. The van der Waals surface area contributed by atoms with Crippen molar-refractivity contribution in [2.24, 2.45) is 0 Å². The van der Waals surface area contributed by atoms with Crippen molar-refractivity contribution in [3.05, 3.63) is 35.1 Å². The van der Waals surface area contributed by atoms with Crippen molar-refractivity contribution in [1.29, 1.82) is 0 Å². The summed E-state index contributed by atoms with van der Waals surface area (Å²) in [5.41, 5.74) is -1.04. The highest BCUT2D eigenvalue weighted by Crippen LogP contribution is 2.33. The van der Waals surface area contributed by atoms with Gasteiger partial charge in [0, 0.05) is 27.6 Å². The molecular weight excluding hydrogens is 322 g/mol. The predicted octanol–water partition coefficient (Wildman–Crippen LogP) is 3.72. The number of hydrogen-bond acceptors (Lipinski definition) is 4. The minimum atomic E-state index is -1.04. The van der Waals surface area contributed by atoms with E-state index in [2.05, 4.69) is 20.9 Å². The van der Waals surface area contributed by atoms with Crippen LogP contribution < -0.4 is 4.74 Å². The minimum absolute atomic E-state index is 0.330. The fourth-order valence-electron chi connectivity index (χ4n) is 1.84. The summed E-state index contributed by atoms with van der Waals surface area (Å²) in [6, 6.07) is 5.56. The van der Waals surface area contributed by atoms with Crippen LogP contribution in [-0.2, 0) is 9.53 Å². The molecule has 1 heterocycles. The van der Waals surface area contributed by atoms with Crippen molar-refractivity contribution in [2.75, 3.05) is 6.61 Å². The van der Waals surface area contributed by atoms with Crippen LogP contribution in [0.15, 0.2) is 35.1 Å². The van der Waals surface area contributed by atoms with Gasteiger partial charge in [-0.15, -0.1) is 0 Å².